The molecule has 4 heteroatoms. The number of methoxy groups -OCH3 is 1. The number of ether oxygens (including phenoxy) is 1. The Hall–Kier alpha value is -1.48. The Kier molecular flexibility index (Phi) is 3.97. The molecule has 3 rings (SSSR count). The smallest absolute Gasteiger partial charge is 0.134 e. The monoisotopic (exact) mass is 290 g/mol. The van der Waals surface area contributed by atoms with Crippen molar-refractivity contribution >= 4 is 28.2 Å². The maximum absolute atomic E-state index is 6.43. The third-order valence-corrected chi connectivity index (χ3v) is 4.50. The molecule has 1 aromatic heterocycles. The van der Waals surface area contributed by atoms with Gasteiger partial charge in [-0.05, 0) is 36.4 Å². The molecule has 1 saturated carbocycles. The first-order valence-corrected chi connectivity index (χ1v) is 7.55. The van der Waals surface area contributed by atoms with Crippen LogP contribution in [0.3, 0.4) is 0 Å². The number of benzene rings is 1. The minimum Gasteiger partial charge on any atom is -0.497 e. The van der Waals surface area contributed by atoms with Crippen LogP contribution < -0.4 is 10.1 Å². The van der Waals surface area contributed by atoms with Crippen molar-refractivity contribution in [3.05, 3.63) is 30.5 Å². The SMILES string of the molecule is COc1ccc2ccnc(NC3CCCCC3Cl)c2c1. The molecule has 3 nitrogen and oxygen atoms in total. The summed E-state index contributed by atoms with van der Waals surface area (Å²) in [6.45, 7) is 0. The second-order valence-corrected chi connectivity index (χ2v) is 5.86. The number of halogens is 1. The lowest BCUT2D eigenvalue weighted by Crippen LogP contribution is -2.33. The molecule has 106 valence electrons. The Morgan fingerprint density at radius 3 is 2.90 bits per heavy atom. The van der Waals surface area contributed by atoms with E-state index in [2.05, 4.69) is 16.4 Å². The minimum absolute atomic E-state index is 0.186. The number of nitrogens with zero attached hydrogens (tertiary/aromatic N) is 1. The van der Waals surface area contributed by atoms with Crippen LogP contribution in [0.4, 0.5) is 5.82 Å². The van der Waals surface area contributed by atoms with Gasteiger partial charge in [0.1, 0.15) is 11.6 Å². The molecule has 20 heavy (non-hydrogen) atoms. The molecule has 2 atom stereocenters. The van der Waals surface area contributed by atoms with Gasteiger partial charge >= 0.3 is 0 Å². The Morgan fingerprint density at radius 2 is 2.10 bits per heavy atom. The number of alkyl halides is 1. The van der Waals surface area contributed by atoms with Gasteiger partial charge in [-0.15, -0.1) is 11.6 Å². The van der Waals surface area contributed by atoms with Crippen LogP contribution in [0.5, 0.6) is 5.75 Å². The molecule has 1 N–H and O–H groups in total. The van der Waals surface area contributed by atoms with Gasteiger partial charge in [0.25, 0.3) is 0 Å². The van der Waals surface area contributed by atoms with Crippen LogP contribution in [-0.2, 0) is 0 Å². The van der Waals surface area contributed by atoms with Crippen molar-refractivity contribution in [2.75, 3.05) is 12.4 Å². The van der Waals surface area contributed by atoms with Crippen LogP contribution in [-0.4, -0.2) is 23.5 Å². The van der Waals surface area contributed by atoms with Gasteiger partial charge in [-0.3, -0.25) is 0 Å². The van der Waals surface area contributed by atoms with Crippen LogP contribution in [0.1, 0.15) is 25.7 Å². The zero-order valence-corrected chi connectivity index (χ0v) is 12.4. The molecule has 0 saturated heterocycles. The highest BCUT2D eigenvalue weighted by atomic mass is 35.5. The largest absolute Gasteiger partial charge is 0.497 e. The normalized spacial score (nSPS) is 22.7. The van der Waals surface area contributed by atoms with Crippen LogP contribution in [0.15, 0.2) is 30.5 Å². The summed E-state index contributed by atoms with van der Waals surface area (Å²) in [5.41, 5.74) is 0. The second-order valence-electron chi connectivity index (χ2n) is 5.30. The van der Waals surface area contributed by atoms with E-state index in [9.17, 15) is 0 Å². The highest BCUT2D eigenvalue weighted by Gasteiger charge is 2.23. The molecule has 2 unspecified atom stereocenters. The zero-order chi connectivity index (χ0) is 13.9. The van der Waals surface area contributed by atoms with Gasteiger partial charge in [0.2, 0.25) is 0 Å². The first kappa shape index (κ1) is 13.5. The van der Waals surface area contributed by atoms with E-state index in [1.807, 2.05) is 24.4 Å². The predicted octanol–water partition coefficient (Wildman–Crippen LogP) is 4.21. The van der Waals surface area contributed by atoms with Gasteiger partial charge in [-0.2, -0.15) is 0 Å². The molecule has 0 radical (unpaired) electrons. The van der Waals surface area contributed by atoms with Crippen LogP contribution >= 0.6 is 11.6 Å². The topological polar surface area (TPSA) is 34.1 Å². The number of aromatic nitrogens is 1. The summed E-state index contributed by atoms with van der Waals surface area (Å²) in [6.07, 6.45) is 6.48. The van der Waals surface area contributed by atoms with Crippen LogP contribution in [0.2, 0.25) is 0 Å². The highest BCUT2D eigenvalue weighted by Crippen LogP contribution is 2.30. The second kappa shape index (κ2) is 5.88. The third kappa shape index (κ3) is 2.68. The van der Waals surface area contributed by atoms with Crippen molar-refractivity contribution in [3.63, 3.8) is 0 Å². The summed E-state index contributed by atoms with van der Waals surface area (Å²) in [6, 6.07) is 8.36. The van der Waals surface area contributed by atoms with Gasteiger partial charge < -0.3 is 10.1 Å². The van der Waals surface area contributed by atoms with E-state index >= 15 is 0 Å². The number of nitrogens with one attached hydrogen (secondary N) is 1. The summed E-state index contributed by atoms with van der Waals surface area (Å²) in [4.78, 5) is 4.49. The standard InChI is InChI=1S/C16H19ClN2O/c1-20-12-7-6-11-8-9-18-16(13(11)10-12)19-15-5-3-2-4-14(15)17/h6-10,14-15H,2-5H2,1H3,(H,18,19). The van der Waals surface area contributed by atoms with E-state index in [0.29, 0.717) is 6.04 Å². The van der Waals surface area contributed by atoms with Crippen molar-refractivity contribution in [3.8, 4) is 5.75 Å². The number of pyridine rings is 1. The predicted molar refractivity (Wildman–Crippen MR) is 83.8 cm³/mol. The fourth-order valence-corrected chi connectivity index (χ4v) is 3.16. The van der Waals surface area contributed by atoms with E-state index in [1.54, 1.807) is 7.11 Å². The van der Waals surface area contributed by atoms with E-state index in [4.69, 9.17) is 16.3 Å². The van der Waals surface area contributed by atoms with Crippen molar-refractivity contribution in [1.82, 2.24) is 4.98 Å². The Balaban J connectivity index is 1.93. The molecule has 1 heterocycles. The molecule has 2 aromatic rings. The quantitative estimate of drug-likeness (QED) is 0.860. The van der Waals surface area contributed by atoms with Crippen LogP contribution in [0, 0.1) is 0 Å². The van der Waals surface area contributed by atoms with Gasteiger partial charge in [0, 0.05) is 17.6 Å². The zero-order valence-electron chi connectivity index (χ0n) is 11.6. The molecule has 0 amide bonds. The molecule has 1 aliphatic rings. The maximum atomic E-state index is 6.43. The number of anilines is 1. The first-order valence-electron chi connectivity index (χ1n) is 7.11. The fourth-order valence-electron chi connectivity index (χ4n) is 2.81. The average molecular weight is 291 g/mol. The highest BCUT2D eigenvalue weighted by molar-refractivity contribution is 6.21. The number of hydrogen-bond donors (Lipinski definition) is 1. The molecule has 1 fully saturated rings. The lowest BCUT2D eigenvalue weighted by Gasteiger charge is -2.28. The molecular weight excluding hydrogens is 272 g/mol. The van der Waals surface area contributed by atoms with E-state index in [1.165, 1.54) is 12.8 Å². The van der Waals surface area contributed by atoms with Gasteiger partial charge in [-0.25, -0.2) is 4.98 Å². The summed E-state index contributed by atoms with van der Waals surface area (Å²) in [5, 5.41) is 5.95. The molecule has 0 spiro atoms. The number of hydrogen-bond acceptors (Lipinski definition) is 3. The maximum Gasteiger partial charge on any atom is 0.134 e. The number of fused-ring (bicyclic) bond motifs is 1. The Labute approximate surface area is 124 Å². The van der Waals surface area contributed by atoms with E-state index in [0.717, 1.165) is 35.2 Å². The summed E-state index contributed by atoms with van der Waals surface area (Å²) in [7, 11) is 1.68. The van der Waals surface area contributed by atoms with Gasteiger partial charge in [-0.1, -0.05) is 18.9 Å². The Morgan fingerprint density at radius 1 is 1.25 bits per heavy atom. The van der Waals surface area contributed by atoms with Crippen molar-refractivity contribution in [2.24, 2.45) is 0 Å². The van der Waals surface area contributed by atoms with Gasteiger partial charge in [0.15, 0.2) is 0 Å². The van der Waals surface area contributed by atoms with Crippen LogP contribution in [0.25, 0.3) is 10.8 Å². The summed E-state index contributed by atoms with van der Waals surface area (Å²) < 4.78 is 5.31. The molecule has 0 bridgehead atoms. The Bertz CT molecular complexity index is 602. The molecule has 1 aliphatic carbocycles. The first-order chi connectivity index (χ1) is 9.78. The fraction of sp³-hybridized carbons (Fsp3) is 0.438. The molecular formula is C16H19ClN2O. The van der Waals surface area contributed by atoms with Crippen molar-refractivity contribution in [2.45, 2.75) is 37.1 Å². The average Bonchev–Trinajstić information content (AvgIpc) is 2.49. The van der Waals surface area contributed by atoms with E-state index < -0.39 is 0 Å². The lowest BCUT2D eigenvalue weighted by atomic mass is 9.95. The van der Waals surface area contributed by atoms with E-state index in [-0.39, 0.29) is 5.38 Å². The molecule has 0 aliphatic heterocycles. The summed E-state index contributed by atoms with van der Waals surface area (Å²) >= 11 is 6.43. The number of rotatable bonds is 3. The third-order valence-electron chi connectivity index (χ3n) is 3.98. The summed E-state index contributed by atoms with van der Waals surface area (Å²) in [5.74, 6) is 1.75. The van der Waals surface area contributed by atoms with Crippen molar-refractivity contribution in [1.29, 1.82) is 0 Å². The van der Waals surface area contributed by atoms with Gasteiger partial charge in [0.05, 0.1) is 12.5 Å². The van der Waals surface area contributed by atoms with Crippen molar-refractivity contribution < 1.29 is 4.74 Å². The lowest BCUT2D eigenvalue weighted by molar-refractivity contribution is 0.415. The molecule has 1 aromatic carbocycles. The minimum atomic E-state index is 0.186.